The maximum atomic E-state index is 12.0. The molecule has 0 aliphatic rings. The molecule has 0 radical (unpaired) electrons. The Hall–Kier alpha value is -3.09. The van der Waals surface area contributed by atoms with Crippen molar-refractivity contribution < 1.29 is 23.2 Å². The van der Waals surface area contributed by atoms with Crippen LogP contribution in [0.5, 0.6) is 5.75 Å². The van der Waals surface area contributed by atoms with E-state index in [0.29, 0.717) is 11.1 Å². The van der Waals surface area contributed by atoms with Gasteiger partial charge in [0.15, 0.2) is 5.78 Å². The summed E-state index contributed by atoms with van der Waals surface area (Å²) in [7, 11) is 0. The van der Waals surface area contributed by atoms with E-state index in [1.165, 1.54) is 60.7 Å². The Kier molecular flexibility index (Phi) is 5.14. The van der Waals surface area contributed by atoms with Gasteiger partial charge in [0, 0.05) is 17.7 Å². The lowest BCUT2D eigenvalue weighted by atomic mass is 10.1. The minimum absolute atomic E-state index is 0.0316. The van der Waals surface area contributed by atoms with E-state index in [2.05, 4.69) is 4.74 Å². The second kappa shape index (κ2) is 7.26. The molecule has 0 bridgehead atoms. The Morgan fingerprint density at radius 3 is 2.22 bits per heavy atom. The Morgan fingerprint density at radius 2 is 1.70 bits per heavy atom. The van der Waals surface area contributed by atoms with Crippen molar-refractivity contribution in [3.05, 3.63) is 75.8 Å². The van der Waals surface area contributed by atoms with Gasteiger partial charge in [0.25, 0.3) is 5.69 Å². The topological polar surface area (TPSA) is 69.4 Å². The third kappa shape index (κ3) is 4.70. The lowest BCUT2D eigenvalue weighted by Crippen LogP contribution is -2.02. The number of alkyl halides is 2. The molecule has 23 heavy (non-hydrogen) atoms. The number of allylic oxidation sites excluding steroid dienone is 1. The molecule has 2 rings (SSSR count). The Labute approximate surface area is 130 Å². The fourth-order valence-electron chi connectivity index (χ4n) is 1.78. The van der Waals surface area contributed by atoms with E-state index in [-0.39, 0.29) is 17.2 Å². The van der Waals surface area contributed by atoms with Crippen molar-refractivity contribution in [2.24, 2.45) is 0 Å². The highest BCUT2D eigenvalue weighted by Gasteiger charge is 2.06. The van der Waals surface area contributed by atoms with Crippen LogP contribution in [-0.2, 0) is 0 Å². The lowest BCUT2D eigenvalue weighted by Gasteiger charge is -2.04. The molecule has 5 nitrogen and oxygen atoms in total. The van der Waals surface area contributed by atoms with Crippen molar-refractivity contribution in [1.29, 1.82) is 0 Å². The standard InChI is InChI=1S/C16H11F2NO4/c17-16(18)23-14-8-4-12(5-9-14)15(20)10-3-11-1-6-13(7-2-11)19(21)22/h1-10,16H/b10-3+. The van der Waals surface area contributed by atoms with Crippen molar-refractivity contribution in [1.82, 2.24) is 0 Å². The average Bonchev–Trinajstić information content (AvgIpc) is 2.53. The Balaban J connectivity index is 2.04. The minimum Gasteiger partial charge on any atom is -0.435 e. The Morgan fingerprint density at radius 1 is 1.09 bits per heavy atom. The summed E-state index contributed by atoms with van der Waals surface area (Å²) in [6.07, 6.45) is 2.81. The summed E-state index contributed by atoms with van der Waals surface area (Å²) in [5, 5.41) is 10.5. The van der Waals surface area contributed by atoms with Crippen LogP contribution in [0.3, 0.4) is 0 Å². The highest BCUT2D eigenvalue weighted by atomic mass is 19.3. The average molecular weight is 319 g/mol. The van der Waals surface area contributed by atoms with Crippen LogP contribution in [0, 0.1) is 10.1 Å². The molecule has 0 aromatic heterocycles. The van der Waals surface area contributed by atoms with Gasteiger partial charge < -0.3 is 4.74 Å². The summed E-state index contributed by atoms with van der Waals surface area (Å²) >= 11 is 0. The molecule has 0 aliphatic heterocycles. The molecule has 0 saturated heterocycles. The molecule has 0 spiro atoms. The number of nitro benzene ring substituents is 1. The highest BCUT2D eigenvalue weighted by molar-refractivity contribution is 6.06. The van der Waals surface area contributed by atoms with Crippen molar-refractivity contribution >= 4 is 17.5 Å². The van der Waals surface area contributed by atoms with Crippen LogP contribution in [0.2, 0.25) is 0 Å². The predicted molar refractivity (Wildman–Crippen MR) is 79.5 cm³/mol. The zero-order chi connectivity index (χ0) is 16.8. The largest absolute Gasteiger partial charge is 0.435 e. The van der Waals surface area contributed by atoms with Gasteiger partial charge in [-0.05, 0) is 48.0 Å². The maximum Gasteiger partial charge on any atom is 0.387 e. The molecular formula is C16H11F2NO4. The van der Waals surface area contributed by atoms with Gasteiger partial charge in [-0.3, -0.25) is 14.9 Å². The first kappa shape index (κ1) is 16.3. The van der Waals surface area contributed by atoms with Gasteiger partial charge in [0.1, 0.15) is 5.75 Å². The molecule has 2 aromatic rings. The first-order valence-electron chi connectivity index (χ1n) is 6.47. The summed E-state index contributed by atoms with van der Waals surface area (Å²) < 4.78 is 28.2. The van der Waals surface area contributed by atoms with Crippen LogP contribution >= 0.6 is 0 Å². The van der Waals surface area contributed by atoms with Crippen LogP contribution < -0.4 is 4.74 Å². The molecule has 118 valence electrons. The van der Waals surface area contributed by atoms with E-state index < -0.39 is 11.5 Å². The predicted octanol–water partition coefficient (Wildman–Crippen LogP) is 4.09. The quantitative estimate of drug-likeness (QED) is 0.348. The number of hydrogen-bond acceptors (Lipinski definition) is 4. The van der Waals surface area contributed by atoms with Gasteiger partial charge in [0.05, 0.1) is 4.92 Å². The van der Waals surface area contributed by atoms with Gasteiger partial charge >= 0.3 is 6.61 Å². The van der Waals surface area contributed by atoms with E-state index in [1.807, 2.05) is 0 Å². The highest BCUT2D eigenvalue weighted by Crippen LogP contribution is 2.16. The van der Waals surface area contributed by atoms with Crippen LogP contribution in [0.15, 0.2) is 54.6 Å². The van der Waals surface area contributed by atoms with Crippen LogP contribution in [-0.4, -0.2) is 17.3 Å². The SMILES string of the molecule is O=C(/C=C/c1ccc([N+](=O)[O-])cc1)c1ccc(OC(F)F)cc1. The third-order valence-corrected chi connectivity index (χ3v) is 2.90. The lowest BCUT2D eigenvalue weighted by molar-refractivity contribution is -0.384. The van der Waals surface area contributed by atoms with Gasteiger partial charge in [-0.2, -0.15) is 8.78 Å². The van der Waals surface area contributed by atoms with E-state index >= 15 is 0 Å². The monoisotopic (exact) mass is 319 g/mol. The third-order valence-electron chi connectivity index (χ3n) is 2.90. The van der Waals surface area contributed by atoms with E-state index in [1.54, 1.807) is 0 Å². The molecule has 0 heterocycles. The Bertz CT molecular complexity index is 725. The van der Waals surface area contributed by atoms with Crippen LogP contribution in [0.1, 0.15) is 15.9 Å². The van der Waals surface area contributed by atoms with Crippen LogP contribution in [0.25, 0.3) is 6.08 Å². The number of hydrogen-bond donors (Lipinski definition) is 0. The molecule has 0 fully saturated rings. The van der Waals surface area contributed by atoms with Gasteiger partial charge in [-0.1, -0.05) is 6.08 Å². The number of carbonyl (C=O) groups excluding carboxylic acids is 1. The summed E-state index contributed by atoms with van der Waals surface area (Å²) in [5.41, 5.74) is 0.898. The number of ether oxygens (including phenoxy) is 1. The number of non-ortho nitro benzene ring substituents is 1. The summed E-state index contributed by atoms with van der Waals surface area (Å²) in [6, 6.07) is 11.0. The summed E-state index contributed by atoms with van der Waals surface area (Å²) in [5.74, 6) is -0.358. The van der Waals surface area contributed by atoms with Gasteiger partial charge in [-0.15, -0.1) is 0 Å². The first-order valence-corrected chi connectivity index (χ1v) is 6.47. The second-order valence-corrected chi connectivity index (χ2v) is 4.45. The fourth-order valence-corrected chi connectivity index (χ4v) is 1.78. The molecular weight excluding hydrogens is 308 g/mol. The summed E-state index contributed by atoms with van der Waals surface area (Å²) in [4.78, 5) is 22.0. The van der Waals surface area contributed by atoms with Gasteiger partial charge in [0.2, 0.25) is 0 Å². The zero-order valence-electron chi connectivity index (χ0n) is 11.7. The normalized spacial score (nSPS) is 10.9. The second-order valence-electron chi connectivity index (χ2n) is 4.45. The number of nitrogens with zero attached hydrogens (tertiary/aromatic N) is 1. The number of benzene rings is 2. The molecule has 2 aromatic carbocycles. The van der Waals surface area contributed by atoms with E-state index in [4.69, 9.17) is 0 Å². The van der Waals surface area contributed by atoms with Crippen molar-refractivity contribution in [2.45, 2.75) is 6.61 Å². The first-order chi connectivity index (χ1) is 11.0. The smallest absolute Gasteiger partial charge is 0.387 e. The maximum absolute atomic E-state index is 12.0. The van der Waals surface area contributed by atoms with E-state index in [0.717, 1.165) is 0 Å². The molecule has 0 saturated carbocycles. The van der Waals surface area contributed by atoms with Crippen molar-refractivity contribution in [2.75, 3.05) is 0 Å². The number of nitro groups is 1. The number of ketones is 1. The molecule has 0 amide bonds. The zero-order valence-corrected chi connectivity index (χ0v) is 11.7. The number of rotatable bonds is 6. The van der Waals surface area contributed by atoms with Crippen molar-refractivity contribution in [3.63, 3.8) is 0 Å². The summed E-state index contributed by atoms with van der Waals surface area (Å²) in [6.45, 7) is -2.92. The number of carbonyl (C=O) groups is 1. The molecule has 0 unspecified atom stereocenters. The number of halogens is 2. The molecule has 0 N–H and O–H groups in total. The van der Waals surface area contributed by atoms with Crippen LogP contribution in [0.4, 0.5) is 14.5 Å². The van der Waals surface area contributed by atoms with E-state index in [9.17, 15) is 23.7 Å². The molecule has 7 heteroatoms. The molecule has 0 atom stereocenters. The minimum atomic E-state index is -2.92. The van der Waals surface area contributed by atoms with Gasteiger partial charge in [-0.25, -0.2) is 0 Å². The van der Waals surface area contributed by atoms with Crippen molar-refractivity contribution in [3.8, 4) is 5.75 Å². The molecule has 0 aliphatic carbocycles. The fraction of sp³-hybridized carbons (Fsp3) is 0.0625.